The summed E-state index contributed by atoms with van der Waals surface area (Å²) in [5.41, 5.74) is -0.239. The van der Waals surface area contributed by atoms with Gasteiger partial charge >= 0.3 is 11.7 Å². The SMILES string of the molecule is CC(=O)CCCCC(C(=O)O)c1ccc(O)c([N+](=O)[O-])c1. The van der Waals surface area contributed by atoms with Crippen LogP contribution in [0.1, 0.15) is 44.1 Å². The van der Waals surface area contributed by atoms with Crippen molar-refractivity contribution < 1.29 is 24.7 Å². The summed E-state index contributed by atoms with van der Waals surface area (Å²) in [6, 6.07) is 3.57. The van der Waals surface area contributed by atoms with Crippen LogP contribution < -0.4 is 0 Å². The van der Waals surface area contributed by atoms with Crippen LogP contribution in [0.5, 0.6) is 5.75 Å². The fourth-order valence-electron chi connectivity index (χ4n) is 2.06. The summed E-state index contributed by atoms with van der Waals surface area (Å²) < 4.78 is 0. The van der Waals surface area contributed by atoms with Crippen molar-refractivity contribution in [3.8, 4) is 5.75 Å². The van der Waals surface area contributed by atoms with E-state index in [1.165, 1.54) is 13.0 Å². The quantitative estimate of drug-likeness (QED) is 0.432. The molecule has 7 nitrogen and oxygen atoms in total. The first-order valence-corrected chi connectivity index (χ1v) is 6.52. The Hall–Kier alpha value is -2.44. The van der Waals surface area contributed by atoms with Gasteiger partial charge in [0.15, 0.2) is 5.75 Å². The highest BCUT2D eigenvalue weighted by atomic mass is 16.6. The van der Waals surface area contributed by atoms with Crippen molar-refractivity contribution in [2.24, 2.45) is 0 Å². The van der Waals surface area contributed by atoms with E-state index in [2.05, 4.69) is 0 Å². The highest BCUT2D eigenvalue weighted by molar-refractivity contribution is 5.77. The minimum Gasteiger partial charge on any atom is -0.502 e. The molecular weight excluding hydrogens is 278 g/mol. The highest BCUT2D eigenvalue weighted by Crippen LogP contribution is 2.31. The molecule has 0 bridgehead atoms. The summed E-state index contributed by atoms with van der Waals surface area (Å²) in [5.74, 6) is -2.43. The molecular formula is C14H17NO6. The van der Waals surface area contributed by atoms with Crippen LogP contribution in [0.2, 0.25) is 0 Å². The molecule has 0 saturated carbocycles. The van der Waals surface area contributed by atoms with Gasteiger partial charge in [-0.3, -0.25) is 14.9 Å². The van der Waals surface area contributed by atoms with E-state index in [0.717, 1.165) is 12.1 Å². The fraction of sp³-hybridized carbons (Fsp3) is 0.429. The first-order chi connectivity index (χ1) is 9.82. The topological polar surface area (TPSA) is 118 Å². The van der Waals surface area contributed by atoms with Gasteiger partial charge in [0.25, 0.3) is 0 Å². The second-order valence-electron chi connectivity index (χ2n) is 4.84. The number of carboxylic acids is 1. The molecule has 114 valence electrons. The zero-order valence-electron chi connectivity index (χ0n) is 11.6. The Morgan fingerprint density at radius 3 is 2.52 bits per heavy atom. The molecule has 0 aliphatic rings. The lowest BCUT2D eigenvalue weighted by Crippen LogP contribution is -2.12. The predicted molar refractivity (Wildman–Crippen MR) is 74.3 cm³/mol. The van der Waals surface area contributed by atoms with E-state index < -0.39 is 28.2 Å². The van der Waals surface area contributed by atoms with E-state index in [1.807, 2.05) is 0 Å². The van der Waals surface area contributed by atoms with Gasteiger partial charge in [-0.05, 0) is 31.4 Å². The first kappa shape index (κ1) is 16.6. The largest absolute Gasteiger partial charge is 0.502 e. The first-order valence-electron chi connectivity index (χ1n) is 6.52. The molecule has 7 heteroatoms. The van der Waals surface area contributed by atoms with Crippen LogP contribution in [0.3, 0.4) is 0 Å². The van der Waals surface area contributed by atoms with Gasteiger partial charge in [0, 0.05) is 12.5 Å². The van der Waals surface area contributed by atoms with Crippen molar-refractivity contribution in [2.75, 3.05) is 0 Å². The number of nitro benzene ring substituents is 1. The molecule has 0 aromatic heterocycles. The Morgan fingerprint density at radius 2 is 2.00 bits per heavy atom. The maximum atomic E-state index is 11.3. The zero-order chi connectivity index (χ0) is 16.0. The van der Waals surface area contributed by atoms with Gasteiger partial charge in [-0.1, -0.05) is 12.5 Å². The Kier molecular flexibility index (Phi) is 5.83. The standard InChI is InChI=1S/C14H17NO6/c1-9(16)4-2-3-5-11(14(18)19)10-6-7-13(17)12(8-10)15(20)21/h6-8,11,17H,2-5H2,1H3,(H,18,19). The summed E-state index contributed by atoms with van der Waals surface area (Å²) in [6.07, 6.45) is 1.79. The molecule has 0 heterocycles. The number of phenols is 1. The third-order valence-electron chi connectivity index (χ3n) is 3.17. The number of nitrogens with zero attached hydrogens (tertiary/aromatic N) is 1. The maximum Gasteiger partial charge on any atom is 0.310 e. The van der Waals surface area contributed by atoms with E-state index in [4.69, 9.17) is 0 Å². The summed E-state index contributed by atoms with van der Waals surface area (Å²) in [4.78, 5) is 32.1. The van der Waals surface area contributed by atoms with E-state index in [9.17, 15) is 29.9 Å². The normalized spacial score (nSPS) is 11.9. The summed E-state index contributed by atoms with van der Waals surface area (Å²) in [7, 11) is 0. The number of carboxylic acid groups (broad SMARTS) is 1. The molecule has 2 N–H and O–H groups in total. The minimum atomic E-state index is -1.09. The number of hydrogen-bond acceptors (Lipinski definition) is 5. The molecule has 0 fully saturated rings. The van der Waals surface area contributed by atoms with E-state index in [-0.39, 0.29) is 17.8 Å². The van der Waals surface area contributed by atoms with Crippen molar-refractivity contribution >= 4 is 17.4 Å². The number of nitro groups is 1. The number of carbonyl (C=O) groups is 2. The molecule has 0 radical (unpaired) electrons. The number of aromatic hydroxyl groups is 1. The number of unbranched alkanes of at least 4 members (excludes halogenated alkanes) is 1. The molecule has 0 aliphatic carbocycles. The number of Topliss-reactive ketones (excluding diaryl/α,β-unsaturated/α-hetero) is 1. The van der Waals surface area contributed by atoms with Crippen LogP contribution in [-0.2, 0) is 9.59 Å². The second kappa shape index (κ2) is 7.37. The average Bonchev–Trinajstić information content (AvgIpc) is 2.38. The maximum absolute atomic E-state index is 11.3. The number of hydrogen-bond donors (Lipinski definition) is 2. The fourth-order valence-corrected chi connectivity index (χ4v) is 2.06. The smallest absolute Gasteiger partial charge is 0.310 e. The van der Waals surface area contributed by atoms with Crippen molar-refractivity contribution in [3.63, 3.8) is 0 Å². The molecule has 21 heavy (non-hydrogen) atoms. The number of carbonyl (C=O) groups excluding carboxylic acids is 1. The van der Waals surface area contributed by atoms with Gasteiger partial charge in [-0.25, -0.2) is 0 Å². The summed E-state index contributed by atoms with van der Waals surface area (Å²) in [6.45, 7) is 1.47. The molecule has 0 saturated heterocycles. The molecule has 0 spiro atoms. The van der Waals surface area contributed by atoms with Crippen molar-refractivity contribution in [3.05, 3.63) is 33.9 Å². The van der Waals surface area contributed by atoms with Gasteiger partial charge in [-0.15, -0.1) is 0 Å². The number of phenolic OH excluding ortho intramolecular Hbond substituents is 1. The van der Waals surface area contributed by atoms with Crippen LogP contribution in [0.25, 0.3) is 0 Å². The highest BCUT2D eigenvalue weighted by Gasteiger charge is 2.23. The van der Waals surface area contributed by atoms with Crippen LogP contribution in [0.4, 0.5) is 5.69 Å². The predicted octanol–water partition coefficient (Wildman–Crippen LogP) is 2.62. The number of benzene rings is 1. The molecule has 1 unspecified atom stereocenters. The lowest BCUT2D eigenvalue weighted by Gasteiger charge is -2.12. The van der Waals surface area contributed by atoms with Crippen molar-refractivity contribution in [1.29, 1.82) is 0 Å². The molecule has 1 aromatic rings. The van der Waals surface area contributed by atoms with E-state index >= 15 is 0 Å². The number of rotatable bonds is 8. The van der Waals surface area contributed by atoms with Crippen LogP contribution >= 0.6 is 0 Å². The Labute approximate surface area is 121 Å². The van der Waals surface area contributed by atoms with Gasteiger partial charge in [0.05, 0.1) is 10.8 Å². The van der Waals surface area contributed by atoms with Gasteiger partial charge < -0.3 is 15.0 Å². The number of aliphatic carboxylic acids is 1. The summed E-state index contributed by atoms with van der Waals surface area (Å²) >= 11 is 0. The lowest BCUT2D eigenvalue weighted by molar-refractivity contribution is -0.385. The minimum absolute atomic E-state index is 0.0437. The second-order valence-corrected chi connectivity index (χ2v) is 4.84. The lowest BCUT2D eigenvalue weighted by atomic mass is 9.92. The Morgan fingerprint density at radius 1 is 1.33 bits per heavy atom. The molecule has 1 atom stereocenters. The van der Waals surface area contributed by atoms with Gasteiger partial charge in [0.1, 0.15) is 5.78 Å². The third kappa shape index (κ3) is 4.87. The van der Waals surface area contributed by atoms with Crippen LogP contribution in [0.15, 0.2) is 18.2 Å². The van der Waals surface area contributed by atoms with E-state index in [0.29, 0.717) is 19.3 Å². The molecule has 1 aromatic carbocycles. The summed E-state index contributed by atoms with van der Waals surface area (Å²) in [5, 5.41) is 29.4. The van der Waals surface area contributed by atoms with Gasteiger partial charge in [-0.2, -0.15) is 0 Å². The average molecular weight is 295 g/mol. The van der Waals surface area contributed by atoms with Crippen molar-refractivity contribution in [1.82, 2.24) is 0 Å². The Bertz CT molecular complexity index is 554. The molecule has 1 rings (SSSR count). The molecule has 0 aliphatic heterocycles. The van der Waals surface area contributed by atoms with Gasteiger partial charge in [0.2, 0.25) is 0 Å². The van der Waals surface area contributed by atoms with E-state index in [1.54, 1.807) is 0 Å². The van der Waals surface area contributed by atoms with Crippen LogP contribution in [-0.4, -0.2) is 26.9 Å². The third-order valence-corrected chi connectivity index (χ3v) is 3.17. The van der Waals surface area contributed by atoms with Crippen molar-refractivity contribution in [2.45, 2.75) is 38.5 Å². The Balaban J connectivity index is 2.86. The number of ketones is 1. The molecule has 0 amide bonds. The monoisotopic (exact) mass is 295 g/mol. The van der Waals surface area contributed by atoms with Crippen LogP contribution in [0, 0.1) is 10.1 Å². The zero-order valence-corrected chi connectivity index (χ0v) is 11.6.